The van der Waals surface area contributed by atoms with Crippen molar-refractivity contribution in [1.29, 1.82) is 0 Å². The molecule has 0 aliphatic carbocycles. The Labute approximate surface area is 119 Å². The molecule has 2 aromatic rings. The molecule has 1 heterocycles. The van der Waals surface area contributed by atoms with Crippen molar-refractivity contribution < 1.29 is 4.74 Å². The van der Waals surface area contributed by atoms with Gasteiger partial charge < -0.3 is 4.74 Å². The van der Waals surface area contributed by atoms with Gasteiger partial charge in [0, 0.05) is 12.6 Å². The van der Waals surface area contributed by atoms with Crippen molar-refractivity contribution in [2.45, 2.75) is 19.9 Å². The Kier molecular flexibility index (Phi) is 4.11. The van der Waals surface area contributed by atoms with Gasteiger partial charge in [-0.25, -0.2) is 4.79 Å². The highest BCUT2D eigenvalue weighted by Crippen LogP contribution is 2.32. The zero-order chi connectivity index (χ0) is 14.0. The molecule has 0 radical (unpaired) electrons. The van der Waals surface area contributed by atoms with Gasteiger partial charge in [0.05, 0.1) is 22.8 Å². The van der Waals surface area contributed by atoms with E-state index in [1.54, 1.807) is 6.07 Å². The van der Waals surface area contributed by atoms with E-state index in [1.807, 2.05) is 6.92 Å². The van der Waals surface area contributed by atoms with E-state index in [0.717, 1.165) is 11.1 Å². The number of aromatic nitrogens is 4. The molecule has 19 heavy (non-hydrogen) atoms. The van der Waals surface area contributed by atoms with Crippen LogP contribution in [0.4, 0.5) is 0 Å². The van der Waals surface area contributed by atoms with E-state index < -0.39 is 0 Å². The van der Waals surface area contributed by atoms with Crippen LogP contribution in [0.1, 0.15) is 13.3 Å². The summed E-state index contributed by atoms with van der Waals surface area (Å²) >= 11 is 12.0. The first-order valence-corrected chi connectivity index (χ1v) is 6.40. The SMILES string of the molecule is CCCn1nnn(-c2cc(OC)c(Cl)cc2Cl)c1=O. The average molecular weight is 303 g/mol. The molecule has 0 saturated heterocycles. The fourth-order valence-electron chi connectivity index (χ4n) is 1.61. The van der Waals surface area contributed by atoms with Crippen molar-refractivity contribution in [3.05, 3.63) is 32.7 Å². The van der Waals surface area contributed by atoms with Gasteiger partial charge in [0.2, 0.25) is 0 Å². The zero-order valence-corrected chi connectivity index (χ0v) is 11.9. The lowest BCUT2D eigenvalue weighted by Crippen LogP contribution is -2.24. The van der Waals surface area contributed by atoms with E-state index >= 15 is 0 Å². The molecular weight excluding hydrogens is 291 g/mol. The second kappa shape index (κ2) is 5.63. The van der Waals surface area contributed by atoms with Crippen molar-refractivity contribution in [2.24, 2.45) is 0 Å². The second-order valence-corrected chi connectivity index (χ2v) is 4.65. The van der Waals surface area contributed by atoms with Crippen molar-refractivity contribution in [3.63, 3.8) is 0 Å². The molecule has 0 saturated carbocycles. The van der Waals surface area contributed by atoms with E-state index in [4.69, 9.17) is 27.9 Å². The molecule has 6 nitrogen and oxygen atoms in total. The van der Waals surface area contributed by atoms with Crippen LogP contribution in [-0.2, 0) is 6.54 Å². The summed E-state index contributed by atoms with van der Waals surface area (Å²) in [5.41, 5.74) is 0.0309. The second-order valence-electron chi connectivity index (χ2n) is 3.83. The van der Waals surface area contributed by atoms with Crippen LogP contribution in [0, 0.1) is 0 Å². The lowest BCUT2D eigenvalue weighted by atomic mass is 10.3. The van der Waals surface area contributed by atoms with Crippen LogP contribution < -0.4 is 10.4 Å². The van der Waals surface area contributed by atoms with Gasteiger partial charge in [0.25, 0.3) is 0 Å². The third-order valence-corrected chi connectivity index (χ3v) is 3.12. The summed E-state index contributed by atoms with van der Waals surface area (Å²) in [6, 6.07) is 3.06. The Morgan fingerprint density at radius 3 is 2.63 bits per heavy atom. The molecule has 0 atom stereocenters. The summed E-state index contributed by atoms with van der Waals surface area (Å²) in [7, 11) is 1.48. The van der Waals surface area contributed by atoms with Gasteiger partial charge in [-0.1, -0.05) is 30.1 Å². The van der Waals surface area contributed by atoms with Crippen LogP contribution in [0.15, 0.2) is 16.9 Å². The van der Waals surface area contributed by atoms with Crippen LogP contribution >= 0.6 is 23.2 Å². The summed E-state index contributed by atoms with van der Waals surface area (Å²) in [5.74, 6) is 0.415. The quantitative estimate of drug-likeness (QED) is 0.868. The zero-order valence-electron chi connectivity index (χ0n) is 10.4. The molecule has 0 aliphatic rings. The fraction of sp³-hybridized carbons (Fsp3) is 0.364. The van der Waals surface area contributed by atoms with Crippen molar-refractivity contribution in [2.75, 3.05) is 7.11 Å². The molecule has 0 bridgehead atoms. The molecule has 0 spiro atoms. The van der Waals surface area contributed by atoms with Crippen LogP contribution in [0.2, 0.25) is 10.0 Å². The molecule has 102 valence electrons. The minimum absolute atomic E-state index is 0.302. The summed E-state index contributed by atoms with van der Waals surface area (Å²) in [5, 5.41) is 8.26. The molecular formula is C11H12Cl2N4O2. The number of nitrogens with zero attached hydrogens (tertiary/aromatic N) is 4. The normalized spacial score (nSPS) is 10.7. The Morgan fingerprint density at radius 1 is 1.26 bits per heavy atom. The number of methoxy groups -OCH3 is 1. The van der Waals surface area contributed by atoms with Gasteiger partial charge >= 0.3 is 5.69 Å². The third kappa shape index (κ3) is 2.59. The predicted octanol–water partition coefficient (Wildman–Crippen LogP) is 2.15. The maximum atomic E-state index is 12.1. The molecule has 8 heteroatoms. The number of ether oxygens (including phenoxy) is 1. The van der Waals surface area contributed by atoms with Crippen LogP contribution in [0.25, 0.3) is 5.69 Å². The maximum absolute atomic E-state index is 12.1. The smallest absolute Gasteiger partial charge is 0.368 e. The Morgan fingerprint density at radius 2 is 2.00 bits per heavy atom. The highest BCUT2D eigenvalue weighted by atomic mass is 35.5. The fourth-order valence-corrected chi connectivity index (χ4v) is 2.16. The predicted molar refractivity (Wildman–Crippen MR) is 72.5 cm³/mol. The lowest BCUT2D eigenvalue weighted by Gasteiger charge is -2.07. The first kappa shape index (κ1) is 13.9. The maximum Gasteiger partial charge on any atom is 0.368 e. The minimum Gasteiger partial charge on any atom is -0.495 e. The highest BCUT2D eigenvalue weighted by Gasteiger charge is 2.14. The summed E-state index contributed by atoms with van der Waals surface area (Å²) in [6.45, 7) is 2.45. The molecule has 1 aromatic carbocycles. The number of benzene rings is 1. The molecule has 0 unspecified atom stereocenters. The van der Waals surface area contributed by atoms with Crippen molar-refractivity contribution in [1.82, 2.24) is 19.8 Å². The summed E-state index contributed by atoms with van der Waals surface area (Å²) in [6.07, 6.45) is 0.788. The first-order valence-electron chi connectivity index (χ1n) is 5.64. The largest absolute Gasteiger partial charge is 0.495 e. The van der Waals surface area contributed by atoms with E-state index in [9.17, 15) is 4.79 Å². The van der Waals surface area contributed by atoms with Gasteiger partial charge in [0.1, 0.15) is 5.75 Å². The van der Waals surface area contributed by atoms with E-state index in [0.29, 0.717) is 28.0 Å². The summed E-state index contributed by atoms with van der Waals surface area (Å²) < 4.78 is 7.49. The standard InChI is InChI=1S/C11H12Cl2N4O2/c1-3-4-16-11(18)17(15-14-16)9-6-10(19-2)8(13)5-7(9)12/h5-6H,3-4H2,1-2H3. The summed E-state index contributed by atoms with van der Waals surface area (Å²) in [4.78, 5) is 12.1. The van der Waals surface area contributed by atoms with Gasteiger partial charge in [0.15, 0.2) is 0 Å². The topological polar surface area (TPSA) is 61.9 Å². The van der Waals surface area contributed by atoms with Crippen LogP contribution in [0.3, 0.4) is 0 Å². The van der Waals surface area contributed by atoms with Gasteiger partial charge in [-0.05, 0) is 22.9 Å². The number of rotatable bonds is 4. The number of hydrogen-bond donors (Lipinski definition) is 0. The first-order chi connectivity index (χ1) is 9.08. The van der Waals surface area contributed by atoms with Crippen molar-refractivity contribution in [3.8, 4) is 11.4 Å². The Balaban J connectivity index is 2.56. The molecule has 0 amide bonds. The highest BCUT2D eigenvalue weighted by molar-refractivity contribution is 6.36. The number of aryl methyl sites for hydroxylation is 1. The van der Waals surface area contributed by atoms with Gasteiger partial charge in [-0.2, -0.15) is 9.36 Å². The van der Waals surface area contributed by atoms with Gasteiger partial charge in [-0.15, -0.1) is 0 Å². The molecule has 2 rings (SSSR count). The Hall–Kier alpha value is -1.53. The van der Waals surface area contributed by atoms with Crippen molar-refractivity contribution >= 4 is 23.2 Å². The van der Waals surface area contributed by atoms with Crippen LogP contribution in [-0.4, -0.2) is 26.9 Å². The molecule has 1 aromatic heterocycles. The molecule has 0 aliphatic heterocycles. The molecule has 0 fully saturated rings. The lowest BCUT2D eigenvalue weighted by molar-refractivity contribution is 0.414. The average Bonchev–Trinajstić information content (AvgIpc) is 2.72. The van der Waals surface area contributed by atoms with E-state index in [2.05, 4.69) is 10.4 Å². The van der Waals surface area contributed by atoms with E-state index in [1.165, 1.54) is 17.9 Å². The number of halogens is 2. The number of tetrazole rings is 1. The van der Waals surface area contributed by atoms with Gasteiger partial charge in [-0.3, -0.25) is 0 Å². The van der Waals surface area contributed by atoms with E-state index in [-0.39, 0.29) is 5.69 Å². The van der Waals surface area contributed by atoms with Crippen LogP contribution in [0.5, 0.6) is 5.75 Å². The number of hydrogen-bond acceptors (Lipinski definition) is 4. The Bertz CT molecular complexity index is 651. The molecule has 0 N–H and O–H groups in total. The monoisotopic (exact) mass is 302 g/mol. The third-order valence-electron chi connectivity index (χ3n) is 2.52. The minimum atomic E-state index is -0.354.